The zero-order valence-electron chi connectivity index (χ0n) is 14.9. The van der Waals surface area contributed by atoms with E-state index in [1.54, 1.807) is 17.8 Å². The lowest BCUT2D eigenvalue weighted by atomic mass is 10.1. The fourth-order valence-electron chi connectivity index (χ4n) is 2.71. The van der Waals surface area contributed by atoms with Gasteiger partial charge < -0.3 is 9.84 Å². The Kier molecular flexibility index (Phi) is 5.80. The van der Waals surface area contributed by atoms with Crippen molar-refractivity contribution in [3.8, 4) is 11.5 Å². The average Bonchev–Trinajstić information content (AvgIpc) is 3.05. The van der Waals surface area contributed by atoms with Crippen molar-refractivity contribution in [3.63, 3.8) is 0 Å². The molecule has 0 radical (unpaired) electrons. The molecule has 1 aliphatic heterocycles. The Morgan fingerprint density at radius 2 is 1.54 bits per heavy atom. The maximum Gasteiger partial charge on any atom is 0.199 e. The number of allylic oxidation sites excluding steroid dienone is 5. The normalized spacial score (nSPS) is 15.3. The number of fused-ring (bicyclic) bond motifs is 3. The third-order valence-electron chi connectivity index (χ3n) is 3.96. The topological polar surface area (TPSA) is 125 Å². The van der Waals surface area contributed by atoms with E-state index in [9.17, 15) is 5.11 Å². The fraction of sp³-hybridized carbons (Fsp3) is 0.105. The van der Waals surface area contributed by atoms with Crippen LogP contribution in [0.4, 0.5) is 0 Å². The maximum absolute atomic E-state index is 10.2. The molecule has 2 aliphatic rings. The predicted octanol–water partition coefficient (Wildman–Crippen LogP) is -0.675. The van der Waals surface area contributed by atoms with Crippen LogP contribution in [0.25, 0.3) is 10.8 Å². The quantitative estimate of drug-likeness (QED) is 0.559. The Hall–Kier alpha value is -2.33. The molecule has 1 aliphatic carbocycles. The monoisotopic (exact) mass is 421 g/mol. The van der Waals surface area contributed by atoms with Gasteiger partial charge >= 0.3 is 0 Å². The highest BCUT2D eigenvalue weighted by molar-refractivity contribution is 8.03. The molecular weight excluding hydrogens is 406 g/mol. The van der Waals surface area contributed by atoms with Gasteiger partial charge in [0, 0.05) is 28.5 Å². The number of thioether (sulfide) groups is 1. The van der Waals surface area contributed by atoms with Gasteiger partial charge in [-0.25, -0.2) is 23.2 Å². The summed E-state index contributed by atoms with van der Waals surface area (Å²) >= 11 is 1.55. The number of rotatable bonds is 0. The van der Waals surface area contributed by atoms with Crippen molar-refractivity contribution in [1.82, 2.24) is 0 Å². The van der Waals surface area contributed by atoms with E-state index < -0.39 is 10.2 Å². The van der Waals surface area contributed by atoms with Crippen molar-refractivity contribution < 1.29 is 43.3 Å². The van der Waals surface area contributed by atoms with Crippen LogP contribution in [0, 0.1) is 10.2 Å². The molecule has 2 aromatic carbocycles. The van der Waals surface area contributed by atoms with Gasteiger partial charge in [-0.1, -0.05) is 24.3 Å². The molecule has 0 saturated carbocycles. The van der Waals surface area contributed by atoms with E-state index in [1.165, 1.54) is 0 Å². The van der Waals surface area contributed by atoms with Crippen LogP contribution in [-0.4, -0.2) is 29.5 Å². The zero-order valence-corrected chi connectivity index (χ0v) is 16.5. The first-order chi connectivity index (χ1) is 13.1. The van der Waals surface area contributed by atoms with E-state index in [4.69, 9.17) is 23.4 Å². The molecule has 0 unspecified atom stereocenters. The molecule has 0 spiro atoms. The summed E-state index contributed by atoms with van der Waals surface area (Å²) in [6, 6.07) is 9.54. The molecule has 146 valence electrons. The highest BCUT2D eigenvalue weighted by atomic mass is 35.7. The number of ether oxygens (including phenoxy) is 1. The highest BCUT2D eigenvalue weighted by Gasteiger charge is 2.25. The predicted molar refractivity (Wildman–Crippen MR) is 94.5 cm³/mol. The standard InChI is InChI=1S/C19H15NO2S.ClHO4/c1-20(2)13-9-7-12(8-10-13)19-22-18-15-6-4-3-5-14(15)16(21)11-17(18)23-19;2-1(3,4)5/h3-11H,1-2H3;(H,2,3,4,5). The third kappa shape index (κ3) is 4.74. The number of phenols is 1. The minimum absolute atomic E-state index is 0.291. The number of benzene rings is 2. The van der Waals surface area contributed by atoms with E-state index in [2.05, 4.69) is 28.9 Å². The Morgan fingerprint density at radius 3 is 2.11 bits per heavy atom. The SMILES string of the molecule is C[N+](C)=C1C=CC(=C2Oc3c(cc(O)c4ccccc34)S2)C=C1.[O-][Cl+3]([O-])([O-])[O-]. The van der Waals surface area contributed by atoms with Crippen molar-refractivity contribution in [2.45, 2.75) is 4.90 Å². The lowest BCUT2D eigenvalue weighted by Crippen LogP contribution is -2.68. The Balaban J connectivity index is 0.000000403. The molecule has 2 aromatic rings. The van der Waals surface area contributed by atoms with Crippen molar-refractivity contribution in [3.05, 3.63) is 65.3 Å². The molecule has 1 N–H and O–H groups in total. The smallest absolute Gasteiger partial charge is 0.199 e. The van der Waals surface area contributed by atoms with Crippen LogP contribution in [0.2, 0.25) is 0 Å². The van der Waals surface area contributed by atoms with Crippen molar-refractivity contribution >= 4 is 28.2 Å². The zero-order chi connectivity index (χ0) is 20.5. The second-order valence-electron chi connectivity index (χ2n) is 6.08. The molecule has 0 saturated heterocycles. The van der Waals surface area contributed by atoms with Crippen molar-refractivity contribution in [2.75, 3.05) is 14.1 Å². The van der Waals surface area contributed by atoms with Gasteiger partial charge in [0.25, 0.3) is 0 Å². The maximum atomic E-state index is 10.2. The second kappa shape index (κ2) is 7.96. The van der Waals surface area contributed by atoms with E-state index in [-0.39, 0.29) is 0 Å². The van der Waals surface area contributed by atoms with E-state index >= 15 is 0 Å². The van der Waals surface area contributed by atoms with Gasteiger partial charge in [-0.2, -0.15) is 0 Å². The minimum Gasteiger partial charge on any atom is -0.507 e. The first-order valence-electron chi connectivity index (χ1n) is 8.00. The molecule has 0 fully saturated rings. The fourth-order valence-corrected chi connectivity index (χ4v) is 3.71. The summed E-state index contributed by atoms with van der Waals surface area (Å²) in [6.07, 6.45) is 8.27. The molecule has 7 nitrogen and oxygen atoms in total. The largest absolute Gasteiger partial charge is 0.507 e. The number of hydrogen-bond acceptors (Lipinski definition) is 7. The van der Waals surface area contributed by atoms with Crippen molar-refractivity contribution in [2.24, 2.45) is 0 Å². The minimum atomic E-state index is -4.94. The summed E-state index contributed by atoms with van der Waals surface area (Å²) in [5, 5.41) is 12.8. The number of halogens is 1. The van der Waals surface area contributed by atoms with Crippen LogP contribution in [0.3, 0.4) is 0 Å². The Morgan fingerprint density at radius 1 is 0.964 bits per heavy atom. The van der Waals surface area contributed by atoms with E-state index in [0.29, 0.717) is 5.75 Å². The Labute approximate surface area is 167 Å². The number of phenolic OH excluding ortho intramolecular Hbond substituents is 1. The molecule has 0 aromatic heterocycles. The summed E-state index contributed by atoms with van der Waals surface area (Å²) in [6.45, 7) is 0. The van der Waals surface area contributed by atoms with Gasteiger partial charge in [0.15, 0.2) is 10.8 Å². The summed E-state index contributed by atoms with van der Waals surface area (Å²) in [5.74, 6) is 1.12. The van der Waals surface area contributed by atoms with Crippen LogP contribution >= 0.6 is 11.8 Å². The first-order valence-corrected chi connectivity index (χ1v) is 10.1. The first kappa shape index (κ1) is 20.4. The van der Waals surface area contributed by atoms with Gasteiger partial charge in [-0.05, 0) is 30.0 Å². The molecule has 9 heteroatoms. The van der Waals surface area contributed by atoms with Crippen LogP contribution < -0.4 is 23.4 Å². The van der Waals surface area contributed by atoms with Crippen LogP contribution in [0.5, 0.6) is 11.5 Å². The summed E-state index contributed by atoms with van der Waals surface area (Å²) in [7, 11) is -0.901. The van der Waals surface area contributed by atoms with Crippen molar-refractivity contribution in [1.29, 1.82) is 0 Å². The lowest BCUT2D eigenvalue weighted by Gasteiger charge is -2.17. The Bertz CT molecular complexity index is 1020. The van der Waals surface area contributed by atoms with E-state index in [1.807, 2.05) is 38.4 Å². The lowest BCUT2D eigenvalue weighted by molar-refractivity contribution is -2.00. The van der Waals surface area contributed by atoms with Gasteiger partial charge in [0.1, 0.15) is 25.6 Å². The molecule has 0 atom stereocenters. The van der Waals surface area contributed by atoms with Gasteiger partial charge in [-0.3, -0.25) is 0 Å². The van der Waals surface area contributed by atoms with Crippen LogP contribution in [0.1, 0.15) is 0 Å². The molecule has 28 heavy (non-hydrogen) atoms. The number of nitrogens with zero attached hydrogens (tertiary/aromatic N) is 1. The molecule has 0 bridgehead atoms. The summed E-state index contributed by atoms with van der Waals surface area (Å²) in [4.78, 5) is 0.952. The number of hydrogen-bond donors (Lipinski definition) is 1. The van der Waals surface area contributed by atoms with Crippen LogP contribution in [-0.2, 0) is 0 Å². The molecule has 4 rings (SSSR count). The summed E-state index contributed by atoms with van der Waals surface area (Å²) < 4.78 is 42.2. The molecular formula is C19H16ClNO6S. The number of aromatic hydroxyl groups is 1. The second-order valence-corrected chi connectivity index (χ2v) is 7.85. The van der Waals surface area contributed by atoms with E-state index in [0.717, 1.165) is 37.8 Å². The van der Waals surface area contributed by atoms with Gasteiger partial charge in [0.2, 0.25) is 0 Å². The third-order valence-corrected chi connectivity index (χ3v) is 4.98. The average molecular weight is 422 g/mol. The molecule has 1 heterocycles. The van der Waals surface area contributed by atoms with Gasteiger partial charge in [-0.15, -0.1) is 10.2 Å². The highest BCUT2D eigenvalue weighted by Crippen LogP contribution is 2.50. The summed E-state index contributed by atoms with van der Waals surface area (Å²) in [5.41, 5.74) is 2.19. The van der Waals surface area contributed by atoms with Crippen LogP contribution in [0.15, 0.2) is 70.2 Å². The molecule has 0 amide bonds. The van der Waals surface area contributed by atoms with Gasteiger partial charge in [0.05, 0.1) is 4.90 Å².